The first kappa shape index (κ1) is 32.7. The number of benzene rings is 3. The molecule has 0 spiro atoms. The lowest BCUT2D eigenvalue weighted by molar-refractivity contribution is -0.140. The average molecular weight is 639 g/mol. The highest BCUT2D eigenvalue weighted by atomic mass is 35.5. The quantitative estimate of drug-likeness (QED) is 0.251. The van der Waals surface area contributed by atoms with E-state index in [1.54, 1.807) is 56.3 Å². The number of nitrogens with zero attached hydrogens (tertiary/aromatic N) is 2. The number of hydrogen-bond donors (Lipinski definition) is 1. The van der Waals surface area contributed by atoms with Crippen molar-refractivity contribution >= 4 is 62.3 Å². The van der Waals surface area contributed by atoms with Gasteiger partial charge in [0.05, 0.1) is 10.6 Å². The van der Waals surface area contributed by atoms with Gasteiger partial charge in [-0.25, -0.2) is 8.42 Å². The van der Waals surface area contributed by atoms with Crippen LogP contribution >= 0.6 is 34.8 Å². The smallest absolute Gasteiger partial charge is 0.264 e. The second-order valence-electron chi connectivity index (χ2n) is 10.1. The van der Waals surface area contributed by atoms with E-state index in [2.05, 4.69) is 5.32 Å². The third-order valence-corrected chi connectivity index (χ3v) is 9.25. The second-order valence-corrected chi connectivity index (χ2v) is 13.2. The minimum Gasteiger partial charge on any atom is -0.352 e. The van der Waals surface area contributed by atoms with Crippen molar-refractivity contribution in [3.8, 4) is 0 Å². The van der Waals surface area contributed by atoms with Crippen LogP contribution in [0.2, 0.25) is 15.1 Å². The Bertz CT molecular complexity index is 1490. The molecule has 7 nitrogen and oxygen atoms in total. The van der Waals surface area contributed by atoms with Crippen molar-refractivity contribution in [2.45, 2.75) is 64.6 Å². The monoisotopic (exact) mass is 637 g/mol. The first-order chi connectivity index (χ1) is 19.3. The zero-order valence-electron chi connectivity index (χ0n) is 23.6. The van der Waals surface area contributed by atoms with E-state index in [1.165, 1.54) is 23.1 Å². The molecule has 0 aliphatic heterocycles. The molecule has 0 bridgehead atoms. The maximum absolute atomic E-state index is 14.2. The number of anilines is 1. The Morgan fingerprint density at radius 3 is 2.10 bits per heavy atom. The number of sulfonamides is 1. The van der Waals surface area contributed by atoms with E-state index in [0.717, 1.165) is 9.87 Å². The molecule has 0 unspecified atom stereocenters. The Hall–Kier alpha value is -2.78. The lowest BCUT2D eigenvalue weighted by Gasteiger charge is -2.34. The van der Waals surface area contributed by atoms with Crippen LogP contribution in [-0.2, 0) is 26.2 Å². The normalized spacial score (nSPS) is 12.2. The van der Waals surface area contributed by atoms with Crippen molar-refractivity contribution in [2.24, 2.45) is 0 Å². The fourth-order valence-electron chi connectivity index (χ4n) is 4.36. The highest BCUT2D eigenvalue weighted by Gasteiger charge is 2.35. The van der Waals surface area contributed by atoms with Gasteiger partial charge in [-0.05, 0) is 76.1 Å². The van der Waals surface area contributed by atoms with Gasteiger partial charge in [-0.15, -0.1) is 0 Å². The Morgan fingerprint density at radius 1 is 0.927 bits per heavy atom. The number of carbonyl (C=O) groups is 2. The number of amides is 2. The molecular formula is C30H34Cl3N3O4S. The fourth-order valence-corrected chi connectivity index (χ4v) is 6.51. The molecule has 0 radical (unpaired) electrons. The molecule has 3 aromatic rings. The first-order valence-electron chi connectivity index (χ1n) is 13.1. The third-order valence-electron chi connectivity index (χ3n) is 6.53. The molecule has 0 saturated carbocycles. The van der Waals surface area contributed by atoms with E-state index < -0.39 is 28.5 Å². The molecular weight excluding hydrogens is 605 g/mol. The van der Waals surface area contributed by atoms with Crippen LogP contribution in [0, 0.1) is 13.8 Å². The zero-order chi connectivity index (χ0) is 30.5. The Kier molecular flexibility index (Phi) is 11.1. The Labute approximate surface area is 257 Å². The summed E-state index contributed by atoms with van der Waals surface area (Å²) in [7, 11) is -4.23. The molecule has 11 heteroatoms. The summed E-state index contributed by atoms with van der Waals surface area (Å²) in [4.78, 5) is 28.8. The minimum absolute atomic E-state index is 0.0144. The number of carbonyl (C=O) groups excluding carboxylic acids is 2. The third kappa shape index (κ3) is 7.95. The van der Waals surface area contributed by atoms with Crippen LogP contribution < -0.4 is 9.62 Å². The predicted octanol–water partition coefficient (Wildman–Crippen LogP) is 6.79. The molecule has 0 aromatic heterocycles. The molecule has 220 valence electrons. The predicted molar refractivity (Wildman–Crippen MR) is 166 cm³/mol. The highest BCUT2D eigenvalue weighted by molar-refractivity contribution is 7.92. The molecule has 2 amide bonds. The average Bonchev–Trinajstić information content (AvgIpc) is 2.90. The van der Waals surface area contributed by atoms with Crippen LogP contribution in [0.5, 0.6) is 0 Å². The van der Waals surface area contributed by atoms with Crippen LogP contribution in [0.1, 0.15) is 43.9 Å². The highest BCUT2D eigenvalue weighted by Crippen LogP contribution is 2.31. The van der Waals surface area contributed by atoms with E-state index in [9.17, 15) is 18.0 Å². The number of nitrogens with one attached hydrogen (secondary N) is 1. The lowest BCUT2D eigenvalue weighted by atomic mass is 10.1. The van der Waals surface area contributed by atoms with Crippen molar-refractivity contribution in [1.82, 2.24) is 10.2 Å². The summed E-state index contributed by atoms with van der Waals surface area (Å²) in [5, 5.41) is 3.82. The van der Waals surface area contributed by atoms with Gasteiger partial charge in [0.2, 0.25) is 11.8 Å². The van der Waals surface area contributed by atoms with Crippen LogP contribution in [0.3, 0.4) is 0 Å². The Morgan fingerprint density at radius 2 is 1.54 bits per heavy atom. The summed E-state index contributed by atoms with van der Waals surface area (Å²) >= 11 is 19.2. The maximum Gasteiger partial charge on any atom is 0.264 e. The van der Waals surface area contributed by atoms with Gasteiger partial charge in [0.1, 0.15) is 12.6 Å². The van der Waals surface area contributed by atoms with E-state index in [-0.39, 0.29) is 35.5 Å². The van der Waals surface area contributed by atoms with Gasteiger partial charge in [-0.2, -0.15) is 0 Å². The van der Waals surface area contributed by atoms with Crippen molar-refractivity contribution < 1.29 is 18.0 Å². The summed E-state index contributed by atoms with van der Waals surface area (Å²) < 4.78 is 29.1. The summed E-state index contributed by atoms with van der Waals surface area (Å²) in [5.41, 5.74) is 2.19. The van der Waals surface area contributed by atoms with Gasteiger partial charge in [-0.1, -0.05) is 71.6 Å². The lowest BCUT2D eigenvalue weighted by Crippen LogP contribution is -2.53. The fraction of sp³-hybridized carbons (Fsp3) is 0.333. The summed E-state index contributed by atoms with van der Waals surface area (Å²) in [5.74, 6) is -0.979. The second kappa shape index (κ2) is 13.9. The summed E-state index contributed by atoms with van der Waals surface area (Å²) in [6, 6.07) is 15.1. The van der Waals surface area contributed by atoms with Crippen molar-refractivity contribution in [2.75, 3.05) is 10.8 Å². The zero-order valence-corrected chi connectivity index (χ0v) is 26.7. The van der Waals surface area contributed by atoms with Crippen molar-refractivity contribution in [1.29, 1.82) is 0 Å². The Balaban J connectivity index is 2.15. The van der Waals surface area contributed by atoms with E-state index >= 15 is 0 Å². The number of halogens is 3. The standard InChI is InChI=1S/C30H34Cl3N3O4S/c1-6-27(30(38)34-19(2)3)35(17-24-25(32)8-7-9-26(24)33)29(37)18-36(28-16-22(31)13-12-21(28)5)41(39,40)23-14-10-20(4)11-15-23/h7-16,19,27H,6,17-18H2,1-5H3,(H,34,38)/t27-/m0/s1. The topological polar surface area (TPSA) is 86.8 Å². The van der Waals surface area contributed by atoms with Crippen LogP contribution in [0.25, 0.3) is 0 Å². The van der Waals surface area contributed by atoms with Gasteiger partial charge in [0.25, 0.3) is 10.0 Å². The molecule has 0 saturated heterocycles. The van der Waals surface area contributed by atoms with Crippen LogP contribution in [0.4, 0.5) is 5.69 Å². The molecule has 1 atom stereocenters. The molecule has 0 aliphatic carbocycles. The minimum atomic E-state index is -4.23. The molecule has 1 N–H and O–H groups in total. The summed E-state index contributed by atoms with van der Waals surface area (Å²) in [6.45, 7) is 8.31. The van der Waals surface area contributed by atoms with E-state index in [4.69, 9.17) is 34.8 Å². The first-order valence-corrected chi connectivity index (χ1v) is 15.7. The van der Waals surface area contributed by atoms with Gasteiger partial charge in [0.15, 0.2) is 0 Å². The molecule has 0 fully saturated rings. The molecule has 3 rings (SSSR count). The summed E-state index contributed by atoms with van der Waals surface area (Å²) in [6.07, 6.45) is 0.271. The van der Waals surface area contributed by atoms with Gasteiger partial charge < -0.3 is 10.2 Å². The molecule has 0 heterocycles. The van der Waals surface area contributed by atoms with Gasteiger partial charge in [-0.3, -0.25) is 13.9 Å². The van der Waals surface area contributed by atoms with Gasteiger partial charge >= 0.3 is 0 Å². The van der Waals surface area contributed by atoms with Crippen LogP contribution in [0.15, 0.2) is 65.6 Å². The number of hydrogen-bond acceptors (Lipinski definition) is 4. The van der Waals surface area contributed by atoms with Crippen LogP contribution in [-0.4, -0.2) is 43.8 Å². The molecule has 0 aliphatic rings. The number of rotatable bonds is 11. The van der Waals surface area contributed by atoms with E-state index in [0.29, 0.717) is 26.2 Å². The van der Waals surface area contributed by atoms with Crippen molar-refractivity contribution in [3.05, 3.63) is 92.4 Å². The molecule has 41 heavy (non-hydrogen) atoms. The molecule has 3 aromatic carbocycles. The number of aryl methyl sites for hydroxylation is 2. The largest absolute Gasteiger partial charge is 0.352 e. The SMILES string of the molecule is CC[C@@H](C(=O)NC(C)C)N(Cc1c(Cl)cccc1Cl)C(=O)CN(c1cc(Cl)ccc1C)S(=O)(=O)c1ccc(C)cc1. The van der Waals surface area contributed by atoms with E-state index in [1.807, 2.05) is 20.8 Å². The van der Waals surface area contributed by atoms with Crippen molar-refractivity contribution in [3.63, 3.8) is 0 Å². The maximum atomic E-state index is 14.2. The van der Waals surface area contributed by atoms with Gasteiger partial charge in [0, 0.05) is 33.2 Å².